The molecule has 5 heteroatoms. The Balaban J connectivity index is 2.65. The lowest BCUT2D eigenvalue weighted by molar-refractivity contribution is -0.156. The zero-order valence-electron chi connectivity index (χ0n) is 10.2. The first-order valence-corrected chi connectivity index (χ1v) is 5.95. The van der Waals surface area contributed by atoms with Crippen LogP contribution < -0.4 is 5.32 Å². The van der Waals surface area contributed by atoms with Crippen LogP contribution in [0, 0.1) is 17.2 Å². The van der Waals surface area contributed by atoms with E-state index in [0.717, 1.165) is 19.3 Å². The Labute approximate surface area is 101 Å². The van der Waals surface area contributed by atoms with Crippen LogP contribution in [0.25, 0.3) is 0 Å². The molecule has 1 N–H and O–H groups in total. The van der Waals surface area contributed by atoms with Gasteiger partial charge in [-0.2, -0.15) is 5.26 Å². The third-order valence-electron chi connectivity index (χ3n) is 2.61. The number of ether oxygens (including phenoxy) is 1. The van der Waals surface area contributed by atoms with Gasteiger partial charge >= 0.3 is 5.97 Å². The lowest BCUT2D eigenvalue weighted by Gasteiger charge is -2.20. The topological polar surface area (TPSA) is 79.2 Å². The van der Waals surface area contributed by atoms with E-state index in [-0.39, 0.29) is 11.9 Å². The molecule has 1 amide bonds. The number of nitrogens with zero attached hydrogens (tertiary/aromatic N) is 1. The van der Waals surface area contributed by atoms with Crippen molar-refractivity contribution in [1.82, 2.24) is 5.32 Å². The summed E-state index contributed by atoms with van der Waals surface area (Å²) < 4.78 is 4.97. The highest BCUT2D eigenvalue weighted by Gasteiger charge is 2.34. The quantitative estimate of drug-likeness (QED) is 0.704. The maximum Gasteiger partial charge on any atom is 0.303 e. The fraction of sp³-hybridized carbons (Fsp3) is 0.750. The van der Waals surface area contributed by atoms with E-state index in [1.54, 1.807) is 0 Å². The molecule has 0 aliphatic heterocycles. The number of nitriles is 1. The molecule has 1 saturated carbocycles. The predicted molar refractivity (Wildman–Crippen MR) is 60.7 cm³/mol. The average molecular weight is 238 g/mol. The fourth-order valence-electron chi connectivity index (χ4n) is 1.60. The minimum Gasteiger partial charge on any atom is -0.451 e. The van der Waals surface area contributed by atoms with Crippen LogP contribution in [0.3, 0.4) is 0 Å². The van der Waals surface area contributed by atoms with Gasteiger partial charge < -0.3 is 10.1 Å². The monoisotopic (exact) mass is 238 g/mol. The van der Waals surface area contributed by atoms with Crippen LogP contribution in [0.15, 0.2) is 0 Å². The minimum atomic E-state index is -0.974. The van der Waals surface area contributed by atoms with E-state index in [2.05, 4.69) is 5.32 Å². The molecular weight excluding hydrogens is 220 g/mol. The fourth-order valence-corrected chi connectivity index (χ4v) is 1.60. The second kappa shape index (κ2) is 6.24. The molecule has 1 fully saturated rings. The summed E-state index contributed by atoms with van der Waals surface area (Å²) in [6.45, 7) is 3.17. The summed E-state index contributed by atoms with van der Waals surface area (Å²) in [5.41, 5.74) is 0. The second-order valence-corrected chi connectivity index (χ2v) is 4.34. The summed E-state index contributed by atoms with van der Waals surface area (Å²) in [5, 5.41) is 11.8. The average Bonchev–Trinajstić information content (AvgIpc) is 3.06. The van der Waals surface area contributed by atoms with Crippen molar-refractivity contribution in [1.29, 1.82) is 5.26 Å². The highest BCUT2D eigenvalue weighted by molar-refractivity contribution is 5.84. The van der Waals surface area contributed by atoms with E-state index in [4.69, 9.17) is 10.00 Å². The summed E-state index contributed by atoms with van der Waals surface area (Å²) in [5.74, 6) is -1.44. The van der Waals surface area contributed by atoms with E-state index in [9.17, 15) is 9.59 Å². The van der Waals surface area contributed by atoms with Crippen molar-refractivity contribution in [2.24, 2.45) is 5.92 Å². The molecule has 0 aromatic rings. The first kappa shape index (κ1) is 13.5. The number of carbonyl (C=O) groups is 2. The van der Waals surface area contributed by atoms with Crippen LogP contribution in [-0.4, -0.2) is 24.0 Å². The van der Waals surface area contributed by atoms with Gasteiger partial charge in [0, 0.05) is 13.0 Å². The molecule has 0 saturated heterocycles. The summed E-state index contributed by atoms with van der Waals surface area (Å²) in [6, 6.07) is 2.24. The molecule has 94 valence electrons. The standard InChI is InChI=1S/C12H18N2O3/c1-3-4-9(7-13)11(17-8(2)15)12(16)14-10-5-6-10/h9-11H,3-6H2,1-2H3,(H,14,16)/t9-,11?/m1/s1. The van der Waals surface area contributed by atoms with E-state index in [1.807, 2.05) is 13.0 Å². The molecule has 1 aliphatic carbocycles. The summed E-state index contributed by atoms with van der Waals surface area (Å²) in [7, 11) is 0. The van der Waals surface area contributed by atoms with Gasteiger partial charge in [0.05, 0.1) is 12.0 Å². The van der Waals surface area contributed by atoms with Crippen LogP contribution >= 0.6 is 0 Å². The molecule has 17 heavy (non-hydrogen) atoms. The minimum absolute atomic E-state index is 0.196. The van der Waals surface area contributed by atoms with Gasteiger partial charge in [0.1, 0.15) is 0 Å². The van der Waals surface area contributed by atoms with E-state index in [0.29, 0.717) is 6.42 Å². The van der Waals surface area contributed by atoms with Gasteiger partial charge in [-0.15, -0.1) is 0 Å². The molecule has 5 nitrogen and oxygen atoms in total. The van der Waals surface area contributed by atoms with Gasteiger partial charge in [0.15, 0.2) is 6.10 Å². The van der Waals surface area contributed by atoms with Crippen molar-refractivity contribution >= 4 is 11.9 Å². The Bertz CT molecular complexity index is 331. The van der Waals surface area contributed by atoms with Gasteiger partial charge in [0.25, 0.3) is 5.91 Å². The number of carbonyl (C=O) groups excluding carboxylic acids is 2. The summed E-state index contributed by atoms with van der Waals surface area (Å²) in [4.78, 5) is 22.8. The highest BCUT2D eigenvalue weighted by atomic mass is 16.5. The molecule has 0 aromatic carbocycles. The number of rotatable bonds is 6. The van der Waals surface area contributed by atoms with Crippen molar-refractivity contribution in [2.75, 3.05) is 0 Å². The number of nitrogens with one attached hydrogen (secondary N) is 1. The normalized spacial score (nSPS) is 17.7. The summed E-state index contributed by atoms with van der Waals surface area (Å²) in [6.07, 6.45) is 2.27. The number of amides is 1. The predicted octanol–water partition coefficient (Wildman–Crippen LogP) is 1.14. The van der Waals surface area contributed by atoms with Crippen molar-refractivity contribution in [3.05, 3.63) is 0 Å². The lowest BCUT2D eigenvalue weighted by atomic mass is 9.98. The van der Waals surface area contributed by atoms with E-state index in [1.165, 1.54) is 6.92 Å². The molecular formula is C12H18N2O3. The first-order valence-electron chi connectivity index (χ1n) is 5.95. The molecule has 1 aliphatic rings. The van der Waals surface area contributed by atoms with Gasteiger partial charge in [-0.3, -0.25) is 9.59 Å². The largest absolute Gasteiger partial charge is 0.451 e. The SMILES string of the molecule is CCC[C@H](C#N)C(OC(C)=O)C(=O)NC1CC1. The number of hydrogen-bond acceptors (Lipinski definition) is 4. The Morgan fingerprint density at radius 1 is 1.53 bits per heavy atom. The highest BCUT2D eigenvalue weighted by Crippen LogP contribution is 2.21. The molecule has 2 atom stereocenters. The second-order valence-electron chi connectivity index (χ2n) is 4.34. The molecule has 0 radical (unpaired) electrons. The van der Waals surface area contributed by atoms with Crippen LogP contribution in [0.5, 0.6) is 0 Å². The Morgan fingerprint density at radius 2 is 2.18 bits per heavy atom. The Hall–Kier alpha value is -1.57. The van der Waals surface area contributed by atoms with Gasteiger partial charge in [-0.1, -0.05) is 13.3 Å². The van der Waals surface area contributed by atoms with Crippen molar-refractivity contribution in [2.45, 2.75) is 51.7 Å². The van der Waals surface area contributed by atoms with Crippen molar-refractivity contribution < 1.29 is 14.3 Å². The van der Waals surface area contributed by atoms with Gasteiger partial charge in [0.2, 0.25) is 0 Å². The van der Waals surface area contributed by atoms with Crippen LogP contribution in [-0.2, 0) is 14.3 Å². The first-order chi connectivity index (χ1) is 8.08. The van der Waals surface area contributed by atoms with Crippen LogP contribution in [0.4, 0.5) is 0 Å². The molecule has 0 spiro atoms. The summed E-state index contributed by atoms with van der Waals surface area (Å²) >= 11 is 0. The van der Waals surface area contributed by atoms with E-state index < -0.39 is 18.0 Å². The number of esters is 1. The lowest BCUT2D eigenvalue weighted by Crippen LogP contribution is -2.42. The maximum absolute atomic E-state index is 11.9. The van der Waals surface area contributed by atoms with E-state index >= 15 is 0 Å². The third kappa shape index (κ3) is 4.43. The van der Waals surface area contributed by atoms with Crippen LogP contribution in [0.1, 0.15) is 39.5 Å². The maximum atomic E-state index is 11.9. The number of hydrogen-bond donors (Lipinski definition) is 1. The smallest absolute Gasteiger partial charge is 0.303 e. The Morgan fingerprint density at radius 3 is 2.59 bits per heavy atom. The molecule has 0 heterocycles. The molecule has 0 bridgehead atoms. The molecule has 1 unspecified atom stereocenters. The van der Waals surface area contributed by atoms with Crippen molar-refractivity contribution in [3.8, 4) is 6.07 Å². The Kier molecular flexibility index (Phi) is 4.95. The van der Waals surface area contributed by atoms with Gasteiger partial charge in [-0.05, 0) is 19.3 Å². The zero-order valence-corrected chi connectivity index (χ0v) is 10.2. The zero-order chi connectivity index (χ0) is 12.8. The van der Waals surface area contributed by atoms with Crippen molar-refractivity contribution in [3.63, 3.8) is 0 Å². The molecule has 1 rings (SSSR count). The molecule has 0 aromatic heterocycles. The third-order valence-corrected chi connectivity index (χ3v) is 2.61. The van der Waals surface area contributed by atoms with Gasteiger partial charge in [-0.25, -0.2) is 0 Å². The van der Waals surface area contributed by atoms with Crippen LogP contribution in [0.2, 0.25) is 0 Å².